The van der Waals surface area contributed by atoms with Crippen molar-refractivity contribution in [2.75, 3.05) is 24.1 Å². The van der Waals surface area contributed by atoms with E-state index in [1.165, 1.54) is 28.1 Å². The fraction of sp³-hybridized carbons (Fsp3) is 0.179. The fourth-order valence-corrected chi connectivity index (χ4v) is 5.39. The number of nitrogens with two attached hydrogens (primary N) is 1. The van der Waals surface area contributed by atoms with Crippen molar-refractivity contribution < 1.29 is 9.59 Å². The molecule has 190 valence electrons. The van der Waals surface area contributed by atoms with E-state index in [9.17, 15) is 14.4 Å². The fourth-order valence-electron chi connectivity index (χ4n) is 5.39. The Balaban J connectivity index is 1.32. The standard InChI is InChI=1S/C28H25N7O3/c1-2-23(36)33-14-18-12-22(13-19(18)15-33)35-26-24(25(29)30-16-31-26)34(28(35)38)21-10-8-17(9-11-21)27(37)32-20-6-4-3-5-7-20/h2-11,16,22H,1,12-15H2,(H,32,37)(H2,29,30,31). The van der Waals surface area contributed by atoms with Crippen LogP contribution in [0.25, 0.3) is 16.9 Å². The van der Waals surface area contributed by atoms with Gasteiger partial charge in [-0.05, 0) is 66.5 Å². The zero-order chi connectivity index (χ0) is 26.4. The second-order valence-electron chi connectivity index (χ2n) is 9.45. The number of nitrogens with one attached hydrogen (secondary N) is 1. The first-order chi connectivity index (χ1) is 18.4. The Hall–Kier alpha value is -4.99. The normalized spacial score (nSPS) is 15.2. The maximum absolute atomic E-state index is 13.9. The van der Waals surface area contributed by atoms with E-state index in [-0.39, 0.29) is 29.4 Å². The maximum atomic E-state index is 13.9. The summed E-state index contributed by atoms with van der Waals surface area (Å²) in [5, 5.41) is 2.86. The van der Waals surface area contributed by atoms with Crippen molar-refractivity contribution in [3.8, 4) is 5.69 Å². The number of benzene rings is 2. The predicted octanol–water partition coefficient (Wildman–Crippen LogP) is 3.08. The molecule has 4 aromatic rings. The first-order valence-corrected chi connectivity index (χ1v) is 12.3. The molecule has 0 saturated carbocycles. The Bertz CT molecular complexity index is 1670. The molecule has 6 rings (SSSR count). The summed E-state index contributed by atoms with van der Waals surface area (Å²) in [6, 6.07) is 15.8. The molecule has 0 spiro atoms. The third kappa shape index (κ3) is 3.86. The molecule has 3 N–H and O–H groups in total. The summed E-state index contributed by atoms with van der Waals surface area (Å²) in [5.41, 5.74) is 10.9. The number of hydrogen-bond donors (Lipinski definition) is 2. The van der Waals surface area contributed by atoms with Crippen molar-refractivity contribution in [1.82, 2.24) is 24.0 Å². The minimum absolute atomic E-state index is 0.0915. The number of amides is 2. The molecule has 10 heteroatoms. The molecule has 0 atom stereocenters. The number of likely N-dealkylation sites (tertiary alicyclic amines) is 1. The van der Waals surface area contributed by atoms with Crippen LogP contribution >= 0.6 is 0 Å². The van der Waals surface area contributed by atoms with Gasteiger partial charge >= 0.3 is 5.69 Å². The van der Waals surface area contributed by atoms with Gasteiger partial charge < -0.3 is 16.0 Å². The quantitative estimate of drug-likeness (QED) is 0.316. The molecule has 3 heterocycles. The second kappa shape index (κ2) is 9.15. The summed E-state index contributed by atoms with van der Waals surface area (Å²) in [6.07, 6.45) is 3.99. The first kappa shape index (κ1) is 23.4. The highest BCUT2D eigenvalue weighted by Crippen LogP contribution is 2.40. The van der Waals surface area contributed by atoms with E-state index in [0.717, 1.165) is 0 Å². The van der Waals surface area contributed by atoms with Crippen molar-refractivity contribution in [3.05, 3.63) is 101 Å². The molecule has 0 bridgehead atoms. The molecule has 2 aliphatic rings. The molecule has 0 saturated heterocycles. The predicted molar refractivity (Wildman–Crippen MR) is 144 cm³/mol. The highest BCUT2D eigenvalue weighted by Gasteiger charge is 2.35. The number of aromatic nitrogens is 4. The van der Waals surface area contributed by atoms with Crippen LogP contribution in [0, 0.1) is 0 Å². The first-order valence-electron chi connectivity index (χ1n) is 12.3. The van der Waals surface area contributed by atoms with E-state index in [4.69, 9.17) is 5.73 Å². The summed E-state index contributed by atoms with van der Waals surface area (Å²) >= 11 is 0. The van der Waals surface area contributed by atoms with E-state index >= 15 is 0 Å². The second-order valence-corrected chi connectivity index (χ2v) is 9.45. The highest BCUT2D eigenvalue weighted by atomic mass is 16.2. The van der Waals surface area contributed by atoms with Gasteiger partial charge in [-0.3, -0.25) is 18.7 Å². The number of carbonyl (C=O) groups excluding carboxylic acids is 2. The Kier molecular flexibility index (Phi) is 5.64. The third-order valence-electron chi connectivity index (χ3n) is 7.18. The van der Waals surface area contributed by atoms with Gasteiger partial charge in [-0.15, -0.1) is 0 Å². The van der Waals surface area contributed by atoms with E-state index in [1.807, 2.05) is 30.3 Å². The smallest absolute Gasteiger partial charge is 0.335 e. The zero-order valence-electron chi connectivity index (χ0n) is 20.5. The van der Waals surface area contributed by atoms with Gasteiger partial charge in [-0.1, -0.05) is 24.8 Å². The molecule has 10 nitrogen and oxygen atoms in total. The van der Waals surface area contributed by atoms with Crippen molar-refractivity contribution in [3.63, 3.8) is 0 Å². The van der Waals surface area contributed by atoms with Gasteiger partial charge in [0.05, 0.1) is 5.69 Å². The summed E-state index contributed by atoms with van der Waals surface area (Å²) in [7, 11) is 0. The average Bonchev–Trinajstić information content (AvgIpc) is 3.59. The third-order valence-corrected chi connectivity index (χ3v) is 7.18. The number of carbonyl (C=O) groups is 2. The van der Waals surface area contributed by atoms with Crippen LogP contribution in [-0.2, 0) is 4.79 Å². The molecule has 2 amide bonds. The molecular weight excluding hydrogens is 482 g/mol. The van der Waals surface area contributed by atoms with Gasteiger partial charge in [-0.2, -0.15) is 0 Å². The number of rotatable bonds is 5. The van der Waals surface area contributed by atoms with Gasteiger partial charge in [0.25, 0.3) is 5.91 Å². The minimum Gasteiger partial charge on any atom is -0.382 e. The van der Waals surface area contributed by atoms with Crippen LogP contribution in [-0.4, -0.2) is 48.9 Å². The van der Waals surface area contributed by atoms with Crippen molar-refractivity contribution in [2.45, 2.75) is 18.9 Å². The molecule has 1 aliphatic carbocycles. The topological polar surface area (TPSA) is 128 Å². The molecule has 0 radical (unpaired) electrons. The van der Waals surface area contributed by atoms with Crippen LogP contribution in [0.2, 0.25) is 0 Å². The Morgan fingerprint density at radius 3 is 2.34 bits per heavy atom. The van der Waals surface area contributed by atoms with Gasteiger partial charge in [-0.25, -0.2) is 14.8 Å². The molecular formula is C28H25N7O3. The number of nitrogens with zero attached hydrogens (tertiary/aromatic N) is 5. The van der Waals surface area contributed by atoms with Crippen LogP contribution in [0.1, 0.15) is 29.2 Å². The molecule has 2 aromatic heterocycles. The summed E-state index contributed by atoms with van der Waals surface area (Å²) in [5.74, 6) is -0.153. The van der Waals surface area contributed by atoms with Gasteiger partial charge in [0.2, 0.25) is 5.91 Å². The Morgan fingerprint density at radius 1 is 1.00 bits per heavy atom. The number of anilines is 2. The number of para-hydroxylation sites is 1. The lowest BCUT2D eigenvalue weighted by Gasteiger charge is -2.19. The van der Waals surface area contributed by atoms with E-state index < -0.39 is 0 Å². The van der Waals surface area contributed by atoms with Gasteiger partial charge in [0.1, 0.15) is 11.8 Å². The van der Waals surface area contributed by atoms with Crippen molar-refractivity contribution >= 4 is 34.5 Å². The van der Waals surface area contributed by atoms with Crippen LogP contribution in [0.4, 0.5) is 11.5 Å². The molecule has 0 unspecified atom stereocenters. The van der Waals surface area contributed by atoms with Crippen molar-refractivity contribution in [1.29, 1.82) is 0 Å². The molecule has 0 fully saturated rings. The lowest BCUT2D eigenvalue weighted by molar-refractivity contribution is -0.124. The highest BCUT2D eigenvalue weighted by molar-refractivity contribution is 6.04. The molecule has 1 aliphatic heterocycles. The molecule has 38 heavy (non-hydrogen) atoms. The van der Waals surface area contributed by atoms with E-state index in [2.05, 4.69) is 21.9 Å². The lowest BCUT2D eigenvalue weighted by atomic mass is 10.1. The zero-order valence-corrected chi connectivity index (χ0v) is 20.5. The molecule has 2 aromatic carbocycles. The SMILES string of the molecule is C=CC(=O)N1CC2=C(CC(n3c(=O)n(-c4ccc(C(=O)Nc5ccccc5)cc4)c4c(N)ncnc43)C2)C1. The summed E-state index contributed by atoms with van der Waals surface area (Å²) in [4.78, 5) is 48.9. The van der Waals surface area contributed by atoms with Gasteiger partial charge in [0, 0.05) is 30.4 Å². The average molecular weight is 508 g/mol. The van der Waals surface area contributed by atoms with Crippen LogP contribution in [0.15, 0.2) is 89.5 Å². The van der Waals surface area contributed by atoms with Crippen LogP contribution in [0.5, 0.6) is 0 Å². The maximum Gasteiger partial charge on any atom is 0.335 e. The summed E-state index contributed by atoms with van der Waals surface area (Å²) < 4.78 is 3.18. The number of nitrogen functional groups attached to an aromatic ring is 1. The van der Waals surface area contributed by atoms with Crippen LogP contribution in [0.3, 0.4) is 0 Å². The van der Waals surface area contributed by atoms with Gasteiger partial charge in [0.15, 0.2) is 11.5 Å². The van der Waals surface area contributed by atoms with Crippen molar-refractivity contribution in [2.24, 2.45) is 0 Å². The lowest BCUT2D eigenvalue weighted by Crippen LogP contribution is -2.30. The van der Waals surface area contributed by atoms with Crippen LogP contribution < -0.4 is 16.7 Å². The van der Waals surface area contributed by atoms with E-state index in [0.29, 0.717) is 54.0 Å². The van der Waals surface area contributed by atoms with E-state index in [1.54, 1.807) is 33.7 Å². The monoisotopic (exact) mass is 507 g/mol. The number of hydrogen-bond acceptors (Lipinski definition) is 6. The summed E-state index contributed by atoms with van der Waals surface area (Å²) in [6.45, 7) is 4.67. The number of fused-ring (bicyclic) bond motifs is 1. The Labute approximate surface area is 217 Å². The number of imidazole rings is 1. The Morgan fingerprint density at radius 2 is 1.68 bits per heavy atom. The minimum atomic E-state index is -0.279. The largest absolute Gasteiger partial charge is 0.382 e.